The third kappa shape index (κ3) is 12.1. The fraction of sp³-hybridized carbons (Fsp3) is 0.446. The van der Waals surface area contributed by atoms with E-state index in [0.29, 0.717) is 27.1 Å². The zero-order valence-corrected chi connectivity index (χ0v) is 80.9. The lowest BCUT2D eigenvalue weighted by atomic mass is 9.59. The van der Waals surface area contributed by atoms with Crippen molar-refractivity contribution >= 4 is 0 Å². The van der Waals surface area contributed by atoms with Crippen molar-refractivity contribution in [2.45, 2.75) is 281 Å². The Morgan fingerprint density at radius 1 is 0.182 bits per heavy atom. The topological polar surface area (TPSA) is 18.5 Å². The van der Waals surface area contributed by atoms with Gasteiger partial charge in [-0.2, -0.15) is 0 Å². The van der Waals surface area contributed by atoms with Crippen LogP contribution in [0.2, 0.25) is 0 Å². The summed E-state index contributed by atoms with van der Waals surface area (Å²) in [5, 5.41) is 0. The van der Waals surface area contributed by atoms with E-state index < -0.39 is 0 Å². The van der Waals surface area contributed by atoms with Gasteiger partial charge in [0.1, 0.15) is 11.5 Å². The molecule has 12 aromatic rings. The molecule has 132 heavy (non-hydrogen) atoms. The average Bonchev–Trinajstić information content (AvgIpc) is 1.54. The average molecular weight is 1730 g/mol. The molecule has 6 spiro atoms. The largest absolute Gasteiger partial charge is 0.497 e. The van der Waals surface area contributed by atoms with Crippen molar-refractivity contribution < 1.29 is 9.47 Å². The minimum atomic E-state index is 0.267. The van der Waals surface area contributed by atoms with Crippen molar-refractivity contribution in [3.05, 3.63) is 409 Å². The van der Waals surface area contributed by atoms with Crippen LogP contribution in [0, 0.1) is 126 Å². The maximum Gasteiger partial charge on any atom is 0.119 e. The van der Waals surface area contributed by atoms with Crippen molar-refractivity contribution in [2.24, 2.45) is 71.0 Å². The molecule has 0 bridgehead atoms. The summed E-state index contributed by atoms with van der Waals surface area (Å²) in [6.07, 6.45) is 40.8. The summed E-state index contributed by atoms with van der Waals surface area (Å²) in [7, 11) is 3.56. The lowest BCUT2D eigenvalue weighted by molar-refractivity contribution is 0.176. The third-order valence-electron chi connectivity index (χ3n) is 40.3. The van der Waals surface area contributed by atoms with Crippen LogP contribution >= 0.6 is 0 Å². The quantitative estimate of drug-likeness (QED) is 0.172. The highest BCUT2D eigenvalue weighted by atomic mass is 16.5. The van der Waals surface area contributed by atoms with Crippen molar-refractivity contribution in [3.8, 4) is 11.5 Å². The second-order valence-corrected chi connectivity index (χ2v) is 46.1. The number of ether oxygens (including phenoxy) is 2. The van der Waals surface area contributed by atoms with Gasteiger partial charge in [0.2, 0.25) is 0 Å². The van der Waals surface area contributed by atoms with E-state index in [1.54, 1.807) is 142 Å². The van der Waals surface area contributed by atoms with Gasteiger partial charge in [-0.1, -0.05) is 278 Å². The predicted molar refractivity (Wildman–Crippen MR) is 542 cm³/mol. The summed E-state index contributed by atoms with van der Waals surface area (Å²) in [4.78, 5) is 0. The van der Waals surface area contributed by atoms with Crippen LogP contribution in [0.3, 0.4) is 0 Å². The Bertz CT molecular complexity index is 6340. The van der Waals surface area contributed by atoms with E-state index in [2.05, 4.69) is 286 Å². The first-order valence-electron chi connectivity index (χ1n) is 52.8. The molecule has 14 atom stereocenters. The van der Waals surface area contributed by atoms with Crippen molar-refractivity contribution in [2.75, 3.05) is 14.2 Å². The zero-order chi connectivity index (χ0) is 89.1. The van der Waals surface area contributed by atoms with Crippen LogP contribution < -0.4 is 9.47 Å². The summed E-state index contributed by atoms with van der Waals surface area (Å²) in [6.45, 7) is 18.1. The normalized spacial score (nSPS) is 31.3. The first-order chi connectivity index (χ1) is 64.5. The lowest BCUT2D eigenvalue weighted by Gasteiger charge is -2.43. The molecular weight excluding hydrogens is 1590 g/mol. The van der Waals surface area contributed by atoms with Gasteiger partial charge in [-0.15, -0.1) is 0 Å². The molecule has 2 nitrogen and oxygen atoms in total. The molecule has 18 aliphatic carbocycles. The number of hydrogen-bond acceptors (Lipinski definition) is 2. The van der Waals surface area contributed by atoms with Crippen LogP contribution in [0.1, 0.15) is 294 Å². The van der Waals surface area contributed by atoms with Gasteiger partial charge in [-0.05, 0) is 449 Å². The van der Waals surface area contributed by atoms with Crippen LogP contribution in [-0.4, -0.2) is 14.2 Å². The highest BCUT2D eigenvalue weighted by molar-refractivity contribution is 5.66. The number of benzene rings is 12. The lowest BCUT2D eigenvalue weighted by Crippen LogP contribution is -2.41. The molecule has 0 radical (unpaired) electrons. The van der Waals surface area contributed by atoms with Crippen molar-refractivity contribution in [3.63, 3.8) is 0 Å². The van der Waals surface area contributed by atoms with E-state index in [-0.39, 0.29) is 5.41 Å². The number of rotatable bonds is 2. The monoisotopic (exact) mass is 1730 g/mol. The first-order valence-corrected chi connectivity index (χ1v) is 52.8. The summed E-state index contributed by atoms with van der Waals surface area (Å²) >= 11 is 0. The molecule has 672 valence electrons. The van der Waals surface area contributed by atoms with Crippen LogP contribution in [0.25, 0.3) is 0 Å². The second kappa shape index (κ2) is 31.9. The maximum absolute atomic E-state index is 5.58. The highest BCUT2D eigenvalue weighted by Crippen LogP contribution is 2.70. The Kier molecular flexibility index (Phi) is 20.3. The second-order valence-electron chi connectivity index (χ2n) is 46.1. The molecule has 6 fully saturated rings. The Labute approximate surface area is 789 Å². The van der Waals surface area contributed by atoms with Gasteiger partial charge in [0.05, 0.1) is 14.2 Å². The van der Waals surface area contributed by atoms with Gasteiger partial charge in [-0.3, -0.25) is 0 Å². The van der Waals surface area contributed by atoms with Crippen molar-refractivity contribution in [1.82, 2.24) is 0 Å². The van der Waals surface area contributed by atoms with Crippen molar-refractivity contribution in [1.29, 1.82) is 0 Å². The smallest absolute Gasteiger partial charge is 0.119 e. The number of fused-ring (bicyclic) bond motifs is 12. The van der Waals surface area contributed by atoms with Crippen LogP contribution in [0.4, 0.5) is 0 Å². The molecule has 6 saturated carbocycles. The number of hydrogen-bond donors (Lipinski definition) is 0. The molecule has 30 rings (SSSR count). The number of methoxy groups -OCH3 is 2. The van der Waals surface area contributed by atoms with Crippen LogP contribution in [0.5, 0.6) is 11.5 Å². The Morgan fingerprint density at radius 2 is 0.402 bits per heavy atom. The molecule has 0 aliphatic heterocycles. The molecule has 0 saturated heterocycles. The summed E-state index contributed by atoms with van der Waals surface area (Å²) in [6, 6.07) is 89.8. The molecular formula is C130H140O2. The van der Waals surface area contributed by atoms with E-state index in [0.717, 1.165) is 82.5 Å². The Balaban J connectivity index is 0.0000000851. The van der Waals surface area contributed by atoms with Crippen LogP contribution in [-0.2, 0) is 110 Å². The fourth-order valence-electron chi connectivity index (χ4n) is 35.9. The minimum Gasteiger partial charge on any atom is -0.497 e. The SMILES string of the molecule is COc1ccc2c(c1)C13c4cc(C)ccc4C[C@@H]1CCC[C@H]3C2.COc1ccc2c(c1)C[C@@H]1CCC[C@H]3Cc4cc(C)ccc4C231.Cc1ccc2c(c1)C13c4cc(C)ccc4C[C@@H]1CCC[C@H]3C2.Cc1ccc2c(c1)C[C@@H]1CCC[C@H]3Cc4cc(C)ccc4C213.Cc1cccc2c1C[C@@H]1CCC[C@H]3Cc4c(C)cccc4C213.c1ccc2c(c1)C[C@@H]1CCC[C@H]3Cc4ccccc4C213. The predicted octanol–water partition coefficient (Wildman–Crippen LogP) is 29.5. The van der Waals surface area contributed by atoms with Gasteiger partial charge >= 0.3 is 0 Å². The Hall–Kier alpha value is -9.76. The van der Waals surface area contributed by atoms with Gasteiger partial charge in [0.15, 0.2) is 0 Å². The van der Waals surface area contributed by atoms with Gasteiger partial charge in [0, 0.05) is 32.5 Å². The van der Waals surface area contributed by atoms with E-state index in [1.165, 1.54) is 243 Å². The summed E-state index contributed by atoms with van der Waals surface area (Å²) in [5.41, 5.74) is 52.9. The van der Waals surface area contributed by atoms with E-state index in [4.69, 9.17) is 9.47 Å². The Morgan fingerprint density at radius 3 is 0.735 bits per heavy atom. The summed E-state index contributed by atoms with van der Waals surface area (Å²) in [5.74, 6) is 11.9. The maximum atomic E-state index is 5.58. The minimum absolute atomic E-state index is 0.267. The van der Waals surface area contributed by atoms with E-state index in [1.807, 2.05) is 0 Å². The van der Waals surface area contributed by atoms with Gasteiger partial charge in [0.25, 0.3) is 0 Å². The highest BCUT2D eigenvalue weighted by Gasteiger charge is 2.65. The standard InChI is InChI=1S/2C22H24O.3C22H24.C20H20/c1-14-6-8-20-15(10-14)11-17-4-3-5-18-12-16-13-19(23-2)7-9-21(16)22(17,18)20;1-14-6-7-15-11-17-4-3-5-18-12-16-8-9-19(23-2)13-21(16)22(17,18)20(15)10-14;1-14-6-3-10-20-18(14)12-16-8-5-9-17-13-19-15(2)7-4-11-21(19)22(16,17)20;1-14-6-8-20-16(10-14)12-18-4-3-5-19-13-17-11-15(2)7-9-21(17)22(18,19)20;1-14-6-8-16-12-18-4-3-5-19-13-17-9-7-15(2)11-21(17)22(18,19)20(16)10-14;1-3-10-18-14(6-1)12-16-8-5-9-17-13-15-7-2-4-11-19(15)20(16,17)18/h2*6-10,13,17-18H,3-5,11-12H2,1-2H3;3-4,6-7,10-11,16-17H,5,8-9,12-13H2,1-2H3;2*6-11,18-19H,3-5,12-13H2,1-2H3;1-4,6-7,10-11,16-17H,5,8-9,12-13H2/t2*17-,18-,22?;16-,17-,22?;2*18-,19-,22?;16-,17-,20?/m000000/s1. The molecule has 0 N–H and O–H groups in total. The summed E-state index contributed by atoms with van der Waals surface area (Å²) < 4.78 is 11.1. The molecule has 2 heteroatoms. The van der Waals surface area contributed by atoms with Gasteiger partial charge < -0.3 is 9.47 Å². The van der Waals surface area contributed by atoms with E-state index in [9.17, 15) is 0 Å². The molecule has 2 unspecified atom stereocenters. The molecule has 18 aliphatic rings. The number of aryl methyl sites for hydroxylation is 8. The van der Waals surface area contributed by atoms with E-state index >= 15 is 0 Å². The van der Waals surface area contributed by atoms with Gasteiger partial charge in [-0.25, -0.2) is 0 Å². The molecule has 0 aromatic heterocycles. The third-order valence-corrected chi connectivity index (χ3v) is 40.3. The molecule has 0 heterocycles. The first kappa shape index (κ1) is 84.0. The fourth-order valence-corrected chi connectivity index (χ4v) is 35.9. The molecule has 12 aromatic carbocycles. The molecule has 0 amide bonds. The van der Waals surface area contributed by atoms with Crippen LogP contribution in [0.15, 0.2) is 231 Å². The zero-order valence-electron chi connectivity index (χ0n) is 80.9.